The van der Waals surface area contributed by atoms with Crippen molar-refractivity contribution < 1.29 is 25.8 Å². The summed E-state index contributed by atoms with van der Waals surface area (Å²) >= 11 is 0. The normalized spacial score (nSPS) is 13.1. The zero-order chi connectivity index (χ0) is 34.8. The number of pyridine rings is 2. The van der Waals surface area contributed by atoms with Crippen molar-refractivity contribution >= 4 is 44.7 Å². The number of fused-ring (bicyclic) bond motifs is 4. The van der Waals surface area contributed by atoms with Gasteiger partial charge in [0.1, 0.15) is 11.6 Å². The van der Waals surface area contributed by atoms with Gasteiger partial charge in [-0.2, -0.15) is 12.1 Å². The van der Waals surface area contributed by atoms with E-state index in [-0.39, 0.29) is 31.9 Å². The summed E-state index contributed by atoms with van der Waals surface area (Å²) in [7, 11) is 0. The molecule has 8 rings (SSSR count). The van der Waals surface area contributed by atoms with Gasteiger partial charge in [0.25, 0.3) is 0 Å². The summed E-state index contributed by atoms with van der Waals surface area (Å²) in [6.07, 6.45) is 3.83. The Morgan fingerprint density at radius 2 is 1.41 bits per heavy atom. The van der Waals surface area contributed by atoms with E-state index in [0.717, 1.165) is 56.1 Å². The monoisotopic (exact) mass is 849 g/mol. The van der Waals surface area contributed by atoms with E-state index in [1.54, 1.807) is 0 Å². The van der Waals surface area contributed by atoms with Gasteiger partial charge in [0, 0.05) is 61.8 Å². The van der Waals surface area contributed by atoms with Crippen LogP contribution in [0.15, 0.2) is 109 Å². The Bertz CT molecular complexity index is 2400. The van der Waals surface area contributed by atoms with Crippen LogP contribution in [0.5, 0.6) is 11.5 Å². The smallest absolute Gasteiger partial charge is 0.135 e. The molecular weight excluding hydrogens is 810 g/mol. The van der Waals surface area contributed by atoms with Gasteiger partial charge < -0.3 is 19.1 Å². The molecule has 0 N–H and O–H groups in total. The second-order valence-electron chi connectivity index (χ2n) is 15.1. The summed E-state index contributed by atoms with van der Waals surface area (Å²) in [5, 5.41) is 2.24. The topological polar surface area (TPSA) is 46.4 Å². The van der Waals surface area contributed by atoms with Crippen LogP contribution in [0.25, 0.3) is 27.6 Å². The molecule has 0 spiro atoms. The molecule has 3 aromatic heterocycles. The van der Waals surface area contributed by atoms with Crippen LogP contribution in [0, 0.1) is 25.7 Å². The van der Waals surface area contributed by atoms with Crippen LogP contribution in [0.1, 0.15) is 58.2 Å². The van der Waals surface area contributed by atoms with Crippen LogP contribution in [0.3, 0.4) is 0 Å². The maximum atomic E-state index is 6.52. The largest absolute Gasteiger partial charge is 0.509 e. The third kappa shape index (κ3) is 6.31. The second kappa shape index (κ2) is 13.0. The number of rotatable bonds is 5. The Labute approximate surface area is 315 Å². The first kappa shape index (κ1) is 34.5. The molecule has 0 radical (unpaired) electrons. The fourth-order valence-electron chi connectivity index (χ4n) is 6.71. The Balaban J connectivity index is 0.00000406. The zero-order valence-corrected chi connectivity index (χ0v) is 32.2. The Morgan fingerprint density at radius 1 is 0.686 bits per heavy atom. The van der Waals surface area contributed by atoms with Gasteiger partial charge in [0.2, 0.25) is 0 Å². The molecule has 0 fully saturated rings. The predicted octanol–water partition coefficient (Wildman–Crippen LogP) is 11.3. The van der Waals surface area contributed by atoms with Crippen molar-refractivity contribution in [2.75, 3.05) is 9.80 Å². The molecule has 7 heteroatoms. The van der Waals surface area contributed by atoms with E-state index in [1.807, 2.05) is 30.6 Å². The number of aryl methyl sites for hydroxylation is 1. The van der Waals surface area contributed by atoms with Gasteiger partial charge in [-0.1, -0.05) is 83.5 Å². The summed E-state index contributed by atoms with van der Waals surface area (Å²) in [5.74, 6) is 2.98. The zero-order valence-electron chi connectivity index (χ0n) is 29.9. The van der Waals surface area contributed by atoms with Crippen LogP contribution in [0.2, 0.25) is 0 Å². The van der Waals surface area contributed by atoms with Crippen molar-refractivity contribution in [3.05, 3.63) is 145 Å². The van der Waals surface area contributed by atoms with Crippen molar-refractivity contribution in [3.63, 3.8) is 0 Å². The summed E-state index contributed by atoms with van der Waals surface area (Å²) in [5.41, 5.74) is 8.42. The maximum absolute atomic E-state index is 6.52. The van der Waals surface area contributed by atoms with Crippen LogP contribution in [0.4, 0.5) is 22.9 Å². The number of aromatic nitrogens is 3. The van der Waals surface area contributed by atoms with E-state index in [0.29, 0.717) is 11.5 Å². The van der Waals surface area contributed by atoms with Crippen molar-refractivity contribution in [1.29, 1.82) is 0 Å². The summed E-state index contributed by atoms with van der Waals surface area (Å²) < 4.78 is 8.70. The van der Waals surface area contributed by atoms with Crippen LogP contribution in [-0.2, 0) is 31.9 Å². The first-order valence-electron chi connectivity index (χ1n) is 17.1. The van der Waals surface area contributed by atoms with E-state index < -0.39 is 0 Å². The molecule has 4 heterocycles. The third-order valence-corrected chi connectivity index (χ3v) is 9.30. The van der Waals surface area contributed by atoms with Gasteiger partial charge in [-0.05, 0) is 70.2 Å². The first-order valence-corrected chi connectivity index (χ1v) is 17.1. The standard InChI is InChI=1S/C44H40N5O.Pt/c1-29-23-36(44(5,6)7)42(46-27-29)48-28-47(38-17-10-11-18-39(38)48)31-13-12-14-32(25-31)50-33-19-20-35-34-15-8-9-16-37(34)49(40(35)26-33)41-24-30(21-22-45-41)43(2,3)4;/h8-24,27-28H,1-7H3;/q-3;. The fraction of sp³-hybridized carbons (Fsp3) is 0.205. The van der Waals surface area contributed by atoms with Crippen molar-refractivity contribution in [3.8, 4) is 17.3 Å². The molecule has 51 heavy (non-hydrogen) atoms. The third-order valence-electron chi connectivity index (χ3n) is 9.30. The molecule has 0 saturated carbocycles. The predicted molar refractivity (Wildman–Crippen MR) is 204 cm³/mol. The molecule has 0 amide bonds. The van der Waals surface area contributed by atoms with E-state index in [4.69, 9.17) is 14.7 Å². The molecule has 0 unspecified atom stereocenters. The molecular formula is C44H40N5OPt-3. The average molecular weight is 850 g/mol. The van der Waals surface area contributed by atoms with E-state index in [1.165, 1.54) is 11.1 Å². The molecule has 0 bridgehead atoms. The minimum absolute atomic E-state index is 0. The second-order valence-corrected chi connectivity index (χ2v) is 15.1. The average Bonchev–Trinajstić information content (AvgIpc) is 3.64. The summed E-state index contributed by atoms with van der Waals surface area (Å²) in [4.78, 5) is 14.1. The SMILES string of the molecule is Cc1cnc(N2[CH-]N(c3[c-]c(Oc4[c-]c5c(cc4)c4ccccc4n5-c4cc(C(C)(C)C)ccn4)ccc3)c3ccccc32)c(C(C)(C)C)c1.[Pt]. The molecule has 0 atom stereocenters. The van der Waals surface area contributed by atoms with Gasteiger partial charge in [0.15, 0.2) is 0 Å². The number of anilines is 4. The van der Waals surface area contributed by atoms with Crippen molar-refractivity contribution in [1.82, 2.24) is 14.5 Å². The molecule has 4 aromatic carbocycles. The first-order chi connectivity index (χ1) is 24.0. The van der Waals surface area contributed by atoms with Crippen molar-refractivity contribution in [2.24, 2.45) is 0 Å². The van der Waals surface area contributed by atoms with Crippen LogP contribution in [-0.4, -0.2) is 14.5 Å². The minimum atomic E-state index is -0.0841. The Kier molecular flexibility index (Phi) is 8.79. The minimum Gasteiger partial charge on any atom is -0.509 e. The van der Waals surface area contributed by atoms with Crippen molar-refractivity contribution in [2.45, 2.75) is 59.3 Å². The molecule has 1 aliphatic heterocycles. The molecule has 7 aromatic rings. The van der Waals surface area contributed by atoms with E-state index >= 15 is 0 Å². The van der Waals surface area contributed by atoms with Gasteiger partial charge >= 0.3 is 0 Å². The maximum Gasteiger partial charge on any atom is 0.135 e. The summed E-state index contributed by atoms with van der Waals surface area (Å²) in [6.45, 7) is 17.6. The van der Waals surface area contributed by atoms with Gasteiger partial charge in [-0.15, -0.1) is 48.1 Å². The molecule has 0 saturated heterocycles. The molecule has 0 aliphatic carbocycles. The van der Waals surface area contributed by atoms with Gasteiger partial charge in [0.05, 0.1) is 0 Å². The quantitative estimate of drug-likeness (QED) is 0.162. The van der Waals surface area contributed by atoms with Crippen LogP contribution >= 0.6 is 0 Å². The number of hydrogen-bond donors (Lipinski definition) is 0. The molecule has 1 aliphatic rings. The fourth-order valence-corrected chi connectivity index (χ4v) is 6.71. The molecule has 260 valence electrons. The number of para-hydroxylation sites is 3. The van der Waals surface area contributed by atoms with Crippen LogP contribution < -0.4 is 14.5 Å². The Hall–Kier alpha value is -4.93. The summed E-state index contributed by atoms with van der Waals surface area (Å²) in [6, 6.07) is 40.5. The van der Waals surface area contributed by atoms with Gasteiger partial charge in [-0.3, -0.25) is 0 Å². The Morgan fingerprint density at radius 3 is 2.18 bits per heavy atom. The number of benzene rings is 4. The van der Waals surface area contributed by atoms with Gasteiger partial charge in [-0.25, -0.2) is 9.97 Å². The number of hydrogen-bond acceptors (Lipinski definition) is 5. The van der Waals surface area contributed by atoms with E-state index in [2.05, 4.69) is 160 Å². The van der Waals surface area contributed by atoms with E-state index in [9.17, 15) is 0 Å². The number of nitrogens with zero attached hydrogens (tertiary/aromatic N) is 5. The molecule has 6 nitrogen and oxygen atoms in total. The number of ether oxygens (including phenoxy) is 1.